The van der Waals surface area contributed by atoms with Gasteiger partial charge in [-0.1, -0.05) is 54.2 Å². The maximum Gasteiger partial charge on any atom is 0.104 e. The lowest BCUT2D eigenvalue weighted by Crippen LogP contribution is -2.27. The number of hydrogen-bond donors (Lipinski definition) is 2. The predicted molar refractivity (Wildman–Crippen MR) is 99.1 cm³/mol. The highest BCUT2D eigenvalue weighted by Gasteiger charge is 2.18. The van der Waals surface area contributed by atoms with E-state index in [2.05, 4.69) is 29.1 Å². The quantitative estimate of drug-likeness (QED) is 0.578. The van der Waals surface area contributed by atoms with Crippen LogP contribution in [0.1, 0.15) is 20.3 Å². The zero-order chi connectivity index (χ0) is 17.1. The number of hydrogen-bond acceptors (Lipinski definition) is 3. The van der Waals surface area contributed by atoms with Crippen LogP contribution in [0.15, 0.2) is 58.7 Å². The monoisotopic (exact) mass is 369 g/mol. The summed E-state index contributed by atoms with van der Waals surface area (Å²) in [7, 11) is 1.93. The standard InChI is InChI=1S/C18H28BrNO2/c1-6-9-17(18(22)15(7-2)8-3)16(12-14(4)19)13-20(5)10-11-21/h7-9,12,18,21-22H,2,4,6,10-11,13H2,1,3,5H3/b15-8+,16-12-,17-9+. The molecule has 2 N–H and O–H groups in total. The second kappa shape index (κ2) is 11.6. The highest BCUT2D eigenvalue weighted by Crippen LogP contribution is 2.24. The average molecular weight is 370 g/mol. The fraction of sp³-hybridized carbons (Fsp3) is 0.444. The Balaban J connectivity index is 5.65. The van der Waals surface area contributed by atoms with Crippen molar-refractivity contribution in [2.24, 2.45) is 0 Å². The van der Waals surface area contributed by atoms with Gasteiger partial charge >= 0.3 is 0 Å². The van der Waals surface area contributed by atoms with Gasteiger partial charge in [-0.15, -0.1) is 0 Å². The fourth-order valence-electron chi connectivity index (χ4n) is 2.16. The molecular formula is C18H28BrNO2. The normalized spacial score (nSPS) is 15.1. The van der Waals surface area contributed by atoms with Crippen molar-refractivity contribution in [1.82, 2.24) is 4.90 Å². The number of aliphatic hydroxyl groups excluding tert-OH is 2. The van der Waals surface area contributed by atoms with Gasteiger partial charge in [-0.3, -0.25) is 4.90 Å². The number of rotatable bonds is 10. The molecule has 0 radical (unpaired) electrons. The minimum absolute atomic E-state index is 0.0984. The molecule has 0 amide bonds. The highest BCUT2D eigenvalue weighted by atomic mass is 79.9. The van der Waals surface area contributed by atoms with Crippen LogP contribution >= 0.6 is 15.9 Å². The van der Waals surface area contributed by atoms with Gasteiger partial charge in [-0.25, -0.2) is 0 Å². The lowest BCUT2D eigenvalue weighted by molar-refractivity contribution is 0.226. The first kappa shape index (κ1) is 21.1. The Kier molecular flexibility index (Phi) is 11.1. The summed E-state index contributed by atoms with van der Waals surface area (Å²) in [6, 6.07) is 0. The van der Waals surface area contributed by atoms with E-state index in [9.17, 15) is 5.11 Å². The molecule has 0 aliphatic heterocycles. The van der Waals surface area contributed by atoms with Crippen LogP contribution in [0.25, 0.3) is 0 Å². The van der Waals surface area contributed by atoms with Gasteiger partial charge in [0.05, 0.1) is 6.61 Å². The van der Waals surface area contributed by atoms with E-state index in [1.165, 1.54) is 0 Å². The Bertz CT molecular complexity index is 464. The first-order valence-corrected chi connectivity index (χ1v) is 8.21. The molecule has 4 heteroatoms. The number of nitrogens with zero attached hydrogens (tertiary/aromatic N) is 1. The summed E-state index contributed by atoms with van der Waals surface area (Å²) in [5, 5.41) is 19.7. The first-order chi connectivity index (χ1) is 10.4. The van der Waals surface area contributed by atoms with Crippen molar-refractivity contribution in [3.05, 3.63) is 58.7 Å². The highest BCUT2D eigenvalue weighted by molar-refractivity contribution is 9.11. The maximum absolute atomic E-state index is 10.7. The lowest BCUT2D eigenvalue weighted by Gasteiger charge is -2.24. The molecule has 22 heavy (non-hydrogen) atoms. The van der Waals surface area contributed by atoms with Gasteiger partial charge in [0.2, 0.25) is 0 Å². The predicted octanol–water partition coefficient (Wildman–Crippen LogP) is 3.58. The van der Waals surface area contributed by atoms with Crippen LogP contribution in [-0.4, -0.2) is 48.0 Å². The number of allylic oxidation sites excluding steroid dienone is 4. The Morgan fingerprint density at radius 2 is 2.05 bits per heavy atom. The molecule has 0 aliphatic rings. The van der Waals surface area contributed by atoms with Crippen molar-refractivity contribution in [3.8, 4) is 0 Å². The van der Waals surface area contributed by atoms with Crippen LogP contribution in [0.4, 0.5) is 0 Å². The zero-order valence-electron chi connectivity index (χ0n) is 13.8. The minimum Gasteiger partial charge on any atom is -0.395 e. The molecular weight excluding hydrogens is 342 g/mol. The summed E-state index contributed by atoms with van der Waals surface area (Å²) in [4.78, 5) is 2.00. The van der Waals surface area contributed by atoms with Crippen molar-refractivity contribution in [1.29, 1.82) is 0 Å². The van der Waals surface area contributed by atoms with Crippen LogP contribution in [0.3, 0.4) is 0 Å². The number of halogens is 1. The molecule has 0 saturated heterocycles. The Morgan fingerprint density at radius 3 is 2.45 bits per heavy atom. The fourth-order valence-corrected chi connectivity index (χ4v) is 2.43. The molecule has 0 aromatic carbocycles. The van der Waals surface area contributed by atoms with Gasteiger partial charge in [-0.05, 0) is 43.2 Å². The molecule has 3 nitrogen and oxygen atoms in total. The van der Waals surface area contributed by atoms with E-state index in [-0.39, 0.29) is 6.61 Å². The summed E-state index contributed by atoms with van der Waals surface area (Å²) >= 11 is 3.36. The zero-order valence-corrected chi connectivity index (χ0v) is 15.4. The molecule has 0 aromatic heterocycles. The molecule has 0 fully saturated rings. The van der Waals surface area contributed by atoms with E-state index in [1.807, 2.05) is 44.0 Å². The van der Waals surface area contributed by atoms with E-state index >= 15 is 0 Å². The van der Waals surface area contributed by atoms with Crippen molar-refractivity contribution < 1.29 is 10.2 Å². The van der Waals surface area contributed by atoms with Crippen molar-refractivity contribution >= 4 is 15.9 Å². The maximum atomic E-state index is 10.7. The molecule has 0 saturated carbocycles. The van der Waals surface area contributed by atoms with E-state index < -0.39 is 6.10 Å². The van der Waals surface area contributed by atoms with E-state index in [0.717, 1.165) is 27.6 Å². The van der Waals surface area contributed by atoms with Crippen LogP contribution in [0.2, 0.25) is 0 Å². The Morgan fingerprint density at radius 1 is 1.41 bits per heavy atom. The second-order valence-electron chi connectivity index (χ2n) is 5.04. The summed E-state index contributed by atoms with van der Waals surface area (Å²) in [5.41, 5.74) is 2.59. The number of likely N-dealkylation sites (N-methyl/N-ethyl adjacent to an activating group) is 1. The SMILES string of the molecule is C=C/C(=C\C)C(O)C(=C/CC)/C(=C\C(=C)Br)CN(C)CCO. The van der Waals surface area contributed by atoms with Crippen molar-refractivity contribution in [2.75, 3.05) is 26.7 Å². The van der Waals surface area contributed by atoms with Crippen LogP contribution < -0.4 is 0 Å². The summed E-state index contributed by atoms with van der Waals surface area (Å²) < 4.78 is 0.745. The minimum atomic E-state index is -0.719. The van der Waals surface area contributed by atoms with Crippen molar-refractivity contribution in [2.45, 2.75) is 26.4 Å². The van der Waals surface area contributed by atoms with E-state index in [4.69, 9.17) is 5.11 Å². The largest absolute Gasteiger partial charge is 0.395 e. The third kappa shape index (κ3) is 7.36. The third-order valence-corrected chi connectivity index (χ3v) is 3.46. The molecule has 124 valence electrons. The van der Waals surface area contributed by atoms with Gasteiger partial charge in [0, 0.05) is 17.6 Å². The molecule has 0 rings (SSSR count). The van der Waals surface area contributed by atoms with Crippen molar-refractivity contribution in [3.63, 3.8) is 0 Å². The van der Waals surface area contributed by atoms with Crippen LogP contribution in [0.5, 0.6) is 0 Å². The van der Waals surface area contributed by atoms with Gasteiger partial charge in [-0.2, -0.15) is 0 Å². The summed E-state index contributed by atoms with van der Waals surface area (Å²) in [5.74, 6) is 0. The summed E-state index contributed by atoms with van der Waals surface area (Å²) in [6.07, 6.45) is 7.56. The average Bonchev–Trinajstić information content (AvgIpc) is 2.45. The van der Waals surface area contributed by atoms with Gasteiger partial charge < -0.3 is 10.2 Å². The lowest BCUT2D eigenvalue weighted by atomic mass is 9.93. The van der Waals surface area contributed by atoms with Gasteiger partial charge in [0.1, 0.15) is 6.10 Å². The number of aliphatic hydroxyl groups is 2. The topological polar surface area (TPSA) is 43.7 Å². The molecule has 0 heterocycles. The molecule has 0 spiro atoms. The Hall–Kier alpha value is -0.940. The molecule has 0 bridgehead atoms. The molecule has 0 aliphatic carbocycles. The van der Waals surface area contributed by atoms with Crippen LogP contribution in [-0.2, 0) is 0 Å². The molecule has 0 aromatic rings. The van der Waals surface area contributed by atoms with E-state index in [1.54, 1.807) is 6.08 Å². The first-order valence-electron chi connectivity index (χ1n) is 7.42. The molecule has 1 atom stereocenters. The van der Waals surface area contributed by atoms with Gasteiger partial charge in [0.15, 0.2) is 0 Å². The third-order valence-electron chi connectivity index (χ3n) is 3.23. The second-order valence-corrected chi connectivity index (χ2v) is 6.06. The van der Waals surface area contributed by atoms with E-state index in [0.29, 0.717) is 13.1 Å². The summed E-state index contributed by atoms with van der Waals surface area (Å²) in [6.45, 7) is 12.8. The Labute approximate surface area is 143 Å². The van der Waals surface area contributed by atoms with Gasteiger partial charge in [0.25, 0.3) is 0 Å². The molecule has 1 unspecified atom stereocenters. The van der Waals surface area contributed by atoms with Crippen LogP contribution in [0, 0.1) is 0 Å². The smallest absolute Gasteiger partial charge is 0.104 e.